The van der Waals surface area contributed by atoms with Crippen LogP contribution >= 0.6 is 0 Å². The lowest BCUT2D eigenvalue weighted by molar-refractivity contribution is 0.576. The third kappa shape index (κ3) is 3.17. The first-order valence-corrected chi connectivity index (χ1v) is 6.09. The zero-order valence-electron chi connectivity index (χ0n) is 10.2. The van der Waals surface area contributed by atoms with E-state index in [2.05, 4.69) is 36.3 Å². The summed E-state index contributed by atoms with van der Waals surface area (Å²) in [6.45, 7) is 3.00. The summed E-state index contributed by atoms with van der Waals surface area (Å²) in [4.78, 5) is 0. The minimum atomic E-state index is 0.152. The Morgan fingerprint density at radius 1 is 1.18 bits per heavy atom. The molecule has 2 rings (SSSR count). The van der Waals surface area contributed by atoms with Crippen LogP contribution in [0.15, 0.2) is 42.6 Å². The standard InChI is InChI=1S/C14H19N3/c1-2-17-14(8-9-16-17)11-13(15)10-12-6-4-3-5-7-12/h3-9,13H,2,10-11,15H2,1H3. The van der Waals surface area contributed by atoms with Crippen molar-refractivity contribution in [3.05, 3.63) is 53.9 Å². The van der Waals surface area contributed by atoms with Gasteiger partial charge in [-0.25, -0.2) is 0 Å². The van der Waals surface area contributed by atoms with Crippen LogP contribution in [-0.4, -0.2) is 15.8 Å². The zero-order valence-corrected chi connectivity index (χ0v) is 10.2. The van der Waals surface area contributed by atoms with Crippen LogP contribution in [0, 0.1) is 0 Å². The average molecular weight is 229 g/mol. The number of hydrogen-bond acceptors (Lipinski definition) is 2. The molecule has 0 bridgehead atoms. The first-order valence-electron chi connectivity index (χ1n) is 6.09. The number of rotatable bonds is 5. The molecule has 0 amide bonds. The van der Waals surface area contributed by atoms with Crippen molar-refractivity contribution < 1.29 is 0 Å². The molecule has 0 aliphatic rings. The highest BCUT2D eigenvalue weighted by atomic mass is 15.3. The summed E-state index contributed by atoms with van der Waals surface area (Å²) in [5.74, 6) is 0. The molecule has 17 heavy (non-hydrogen) atoms. The van der Waals surface area contributed by atoms with Gasteiger partial charge in [-0.2, -0.15) is 5.10 Å². The Bertz CT molecular complexity index is 448. The molecule has 0 aliphatic heterocycles. The molecular weight excluding hydrogens is 210 g/mol. The normalized spacial score (nSPS) is 12.6. The molecular formula is C14H19N3. The van der Waals surface area contributed by atoms with Gasteiger partial charge in [-0.3, -0.25) is 4.68 Å². The van der Waals surface area contributed by atoms with Crippen LogP contribution < -0.4 is 5.73 Å². The van der Waals surface area contributed by atoms with E-state index in [0.717, 1.165) is 19.4 Å². The smallest absolute Gasteiger partial charge is 0.0492 e. The van der Waals surface area contributed by atoms with E-state index in [0.29, 0.717) is 0 Å². The van der Waals surface area contributed by atoms with Gasteiger partial charge in [-0.15, -0.1) is 0 Å². The predicted molar refractivity (Wildman–Crippen MR) is 69.7 cm³/mol. The molecule has 0 spiro atoms. The first kappa shape index (κ1) is 11.9. The molecule has 0 radical (unpaired) electrons. The molecule has 1 heterocycles. The molecule has 1 aromatic carbocycles. The fourth-order valence-electron chi connectivity index (χ4n) is 2.08. The van der Waals surface area contributed by atoms with Gasteiger partial charge in [0, 0.05) is 30.9 Å². The first-order chi connectivity index (χ1) is 8.29. The quantitative estimate of drug-likeness (QED) is 0.852. The van der Waals surface area contributed by atoms with E-state index in [9.17, 15) is 0 Å². The molecule has 2 aromatic rings. The molecule has 3 nitrogen and oxygen atoms in total. The zero-order chi connectivity index (χ0) is 12.1. The van der Waals surface area contributed by atoms with Gasteiger partial charge < -0.3 is 5.73 Å². The number of aryl methyl sites for hydroxylation is 1. The van der Waals surface area contributed by atoms with Gasteiger partial charge in [0.1, 0.15) is 0 Å². The molecule has 2 N–H and O–H groups in total. The minimum absolute atomic E-state index is 0.152. The topological polar surface area (TPSA) is 43.8 Å². The van der Waals surface area contributed by atoms with Crippen molar-refractivity contribution in [3.63, 3.8) is 0 Å². The maximum Gasteiger partial charge on any atom is 0.0492 e. The van der Waals surface area contributed by atoms with Crippen molar-refractivity contribution in [2.75, 3.05) is 0 Å². The Morgan fingerprint density at radius 3 is 2.65 bits per heavy atom. The number of nitrogens with zero attached hydrogens (tertiary/aromatic N) is 2. The SMILES string of the molecule is CCn1nccc1CC(N)Cc1ccccc1. The number of hydrogen-bond donors (Lipinski definition) is 1. The van der Waals surface area contributed by atoms with E-state index < -0.39 is 0 Å². The summed E-state index contributed by atoms with van der Waals surface area (Å²) >= 11 is 0. The fourth-order valence-corrected chi connectivity index (χ4v) is 2.08. The van der Waals surface area contributed by atoms with Gasteiger partial charge >= 0.3 is 0 Å². The molecule has 3 heteroatoms. The summed E-state index contributed by atoms with van der Waals surface area (Å²) in [6, 6.07) is 12.6. The largest absolute Gasteiger partial charge is 0.327 e. The lowest BCUT2D eigenvalue weighted by atomic mass is 10.0. The van der Waals surface area contributed by atoms with Gasteiger partial charge in [-0.05, 0) is 25.0 Å². The summed E-state index contributed by atoms with van der Waals surface area (Å²) < 4.78 is 2.00. The second-order valence-electron chi connectivity index (χ2n) is 4.29. The Labute approximate surface area is 102 Å². The summed E-state index contributed by atoms with van der Waals surface area (Å²) in [7, 11) is 0. The van der Waals surface area contributed by atoms with Crippen LogP contribution in [0.4, 0.5) is 0 Å². The lowest BCUT2D eigenvalue weighted by Crippen LogP contribution is -2.26. The van der Waals surface area contributed by atoms with Gasteiger partial charge in [0.2, 0.25) is 0 Å². The van der Waals surface area contributed by atoms with Gasteiger partial charge in [0.15, 0.2) is 0 Å². The number of benzene rings is 1. The minimum Gasteiger partial charge on any atom is -0.327 e. The van der Waals surface area contributed by atoms with Crippen LogP contribution in [0.1, 0.15) is 18.2 Å². The highest BCUT2D eigenvalue weighted by Crippen LogP contribution is 2.07. The van der Waals surface area contributed by atoms with E-state index in [1.807, 2.05) is 23.0 Å². The van der Waals surface area contributed by atoms with Crippen molar-refractivity contribution >= 4 is 0 Å². The second kappa shape index (κ2) is 5.64. The second-order valence-corrected chi connectivity index (χ2v) is 4.29. The van der Waals surface area contributed by atoms with E-state index in [-0.39, 0.29) is 6.04 Å². The van der Waals surface area contributed by atoms with Crippen LogP contribution in [-0.2, 0) is 19.4 Å². The van der Waals surface area contributed by atoms with Gasteiger partial charge in [-0.1, -0.05) is 30.3 Å². The number of nitrogens with two attached hydrogens (primary N) is 1. The van der Waals surface area contributed by atoms with Gasteiger partial charge in [0.25, 0.3) is 0 Å². The van der Waals surface area contributed by atoms with Crippen LogP contribution in [0.25, 0.3) is 0 Å². The van der Waals surface area contributed by atoms with Crippen LogP contribution in [0.2, 0.25) is 0 Å². The monoisotopic (exact) mass is 229 g/mol. The molecule has 1 aromatic heterocycles. The molecule has 0 saturated carbocycles. The Kier molecular flexibility index (Phi) is 3.94. The van der Waals surface area contributed by atoms with Crippen molar-refractivity contribution in [1.29, 1.82) is 0 Å². The molecule has 0 aliphatic carbocycles. The van der Waals surface area contributed by atoms with E-state index in [4.69, 9.17) is 5.73 Å². The van der Waals surface area contributed by atoms with Crippen LogP contribution in [0.3, 0.4) is 0 Å². The van der Waals surface area contributed by atoms with E-state index in [1.165, 1.54) is 11.3 Å². The maximum atomic E-state index is 6.18. The Morgan fingerprint density at radius 2 is 1.94 bits per heavy atom. The highest BCUT2D eigenvalue weighted by molar-refractivity contribution is 5.16. The molecule has 90 valence electrons. The molecule has 0 fully saturated rings. The average Bonchev–Trinajstić information content (AvgIpc) is 2.77. The third-order valence-electron chi connectivity index (χ3n) is 2.92. The third-order valence-corrected chi connectivity index (χ3v) is 2.92. The summed E-state index contributed by atoms with van der Waals surface area (Å²) in [6.07, 6.45) is 3.63. The summed E-state index contributed by atoms with van der Waals surface area (Å²) in [5, 5.41) is 4.26. The Balaban J connectivity index is 1.96. The molecule has 0 saturated heterocycles. The van der Waals surface area contributed by atoms with Crippen molar-refractivity contribution in [3.8, 4) is 0 Å². The van der Waals surface area contributed by atoms with Crippen molar-refractivity contribution in [2.24, 2.45) is 5.73 Å². The van der Waals surface area contributed by atoms with E-state index in [1.54, 1.807) is 0 Å². The van der Waals surface area contributed by atoms with E-state index >= 15 is 0 Å². The fraction of sp³-hybridized carbons (Fsp3) is 0.357. The van der Waals surface area contributed by atoms with Gasteiger partial charge in [0.05, 0.1) is 0 Å². The Hall–Kier alpha value is -1.61. The highest BCUT2D eigenvalue weighted by Gasteiger charge is 2.08. The lowest BCUT2D eigenvalue weighted by Gasteiger charge is -2.12. The van der Waals surface area contributed by atoms with Crippen LogP contribution in [0.5, 0.6) is 0 Å². The van der Waals surface area contributed by atoms with Crippen molar-refractivity contribution in [2.45, 2.75) is 32.4 Å². The maximum absolute atomic E-state index is 6.18. The predicted octanol–water partition coefficient (Wildman–Crippen LogP) is 2.02. The molecule has 1 atom stereocenters. The number of aromatic nitrogens is 2. The summed E-state index contributed by atoms with van der Waals surface area (Å²) in [5.41, 5.74) is 8.69. The molecule has 1 unspecified atom stereocenters. The van der Waals surface area contributed by atoms with Crippen molar-refractivity contribution in [1.82, 2.24) is 9.78 Å².